The third-order valence-electron chi connectivity index (χ3n) is 2.42. The molecule has 0 aliphatic carbocycles. The van der Waals surface area contributed by atoms with Crippen LogP contribution in [0.15, 0.2) is 30.3 Å². The number of rotatable bonds is 5. The van der Waals surface area contributed by atoms with Gasteiger partial charge >= 0.3 is 0 Å². The average molecular weight is 277 g/mol. The Balaban J connectivity index is 1.92. The highest BCUT2D eigenvalue weighted by Gasteiger charge is 2.16. The SMILES string of the molecule is CCc1nnc(NC(=O)[C@H](C)Oc2ccccc2)s1. The van der Waals surface area contributed by atoms with E-state index >= 15 is 0 Å². The van der Waals surface area contributed by atoms with E-state index in [2.05, 4.69) is 15.5 Å². The summed E-state index contributed by atoms with van der Waals surface area (Å²) in [7, 11) is 0. The van der Waals surface area contributed by atoms with Gasteiger partial charge in [-0.2, -0.15) is 0 Å². The number of nitrogens with one attached hydrogen (secondary N) is 1. The van der Waals surface area contributed by atoms with E-state index < -0.39 is 6.10 Å². The molecule has 19 heavy (non-hydrogen) atoms. The molecule has 1 N–H and O–H groups in total. The van der Waals surface area contributed by atoms with Crippen LogP contribution in [0.2, 0.25) is 0 Å². The first kappa shape index (κ1) is 13.5. The zero-order valence-electron chi connectivity index (χ0n) is 10.8. The molecule has 0 radical (unpaired) electrons. The second-order valence-electron chi connectivity index (χ2n) is 3.92. The Hall–Kier alpha value is -1.95. The number of carbonyl (C=O) groups is 1. The average Bonchev–Trinajstić information content (AvgIpc) is 2.87. The van der Waals surface area contributed by atoms with Crippen LogP contribution in [0.25, 0.3) is 0 Å². The molecule has 1 amide bonds. The first-order valence-corrected chi connectivity index (χ1v) is 6.85. The molecule has 6 heteroatoms. The molecule has 100 valence electrons. The maximum absolute atomic E-state index is 11.9. The largest absolute Gasteiger partial charge is 0.481 e. The number of ether oxygens (including phenoxy) is 1. The van der Waals surface area contributed by atoms with E-state index in [0.29, 0.717) is 10.9 Å². The lowest BCUT2D eigenvalue weighted by Gasteiger charge is -2.13. The van der Waals surface area contributed by atoms with Crippen molar-refractivity contribution in [1.82, 2.24) is 10.2 Å². The van der Waals surface area contributed by atoms with Crippen LogP contribution in [-0.4, -0.2) is 22.2 Å². The number of amides is 1. The highest BCUT2D eigenvalue weighted by molar-refractivity contribution is 7.15. The summed E-state index contributed by atoms with van der Waals surface area (Å²) in [5.74, 6) is 0.430. The van der Waals surface area contributed by atoms with Crippen molar-refractivity contribution in [1.29, 1.82) is 0 Å². The van der Waals surface area contributed by atoms with Gasteiger partial charge in [0.1, 0.15) is 10.8 Å². The highest BCUT2D eigenvalue weighted by atomic mass is 32.1. The topological polar surface area (TPSA) is 64.1 Å². The lowest BCUT2D eigenvalue weighted by Crippen LogP contribution is -2.30. The second kappa shape index (κ2) is 6.29. The van der Waals surface area contributed by atoms with Gasteiger partial charge in [-0.05, 0) is 25.5 Å². The number of anilines is 1. The number of hydrogen-bond donors (Lipinski definition) is 1. The van der Waals surface area contributed by atoms with Crippen molar-refractivity contribution >= 4 is 22.4 Å². The maximum atomic E-state index is 11.9. The summed E-state index contributed by atoms with van der Waals surface area (Å²) in [6.07, 6.45) is 0.222. The molecule has 0 aliphatic rings. The predicted molar refractivity (Wildman–Crippen MR) is 74.4 cm³/mol. The molecule has 0 saturated carbocycles. The van der Waals surface area contributed by atoms with Crippen LogP contribution in [0, 0.1) is 0 Å². The van der Waals surface area contributed by atoms with Crippen LogP contribution < -0.4 is 10.1 Å². The third kappa shape index (κ3) is 3.75. The van der Waals surface area contributed by atoms with Gasteiger partial charge in [0.15, 0.2) is 6.10 Å². The molecular weight excluding hydrogens is 262 g/mol. The van der Waals surface area contributed by atoms with Crippen LogP contribution in [0.1, 0.15) is 18.9 Å². The van der Waals surface area contributed by atoms with E-state index in [-0.39, 0.29) is 5.91 Å². The summed E-state index contributed by atoms with van der Waals surface area (Å²) in [4.78, 5) is 11.9. The molecule has 0 aliphatic heterocycles. The van der Waals surface area contributed by atoms with E-state index in [1.165, 1.54) is 11.3 Å². The zero-order valence-corrected chi connectivity index (χ0v) is 11.6. The maximum Gasteiger partial charge on any atom is 0.266 e. The standard InChI is InChI=1S/C13H15N3O2S/c1-3-11-15-16-13(19-11)14-12(17)9(2)18-10-7-5-4-6-8-10/h4-9H,3H2,1-2H3,(H,14,16,17)/t9-/m0/s1. The van der Waals surface area contributed by atoms with Crippen molar-refractivity contribution in [3.05, 3.63) is 35.3 Å². The Morgan fingerprint density at radius 1 is 1.37 bits per heavy atom. The summed E-state index contributed by atoms with van der Waals surface area (Å²) in [6, 6.07) is 9.23. The van der Waals surface area contributed by atoms with Crippen molar-refractivity contribution < 1.29 is 9.53 Å². The lowest BCUT2D eigenvalue weighted by atomic mass is 10.3. The molecule has 0 saturated heterocycles. The van der Waals surface area contributed by atoms with Crippen molar-refractivity contribution in [2.24, 2.45) is 0 Å². The fourth-order valence-electron chi connectivity index (χ4n) is 1.41. The molecule has 0 unspecified atom stereocenters. The normalized spacial score (nSPS) is 11.9. The van der Waals surface area contributed by atoms with Gasteiger partial charge in [0.25, 0.3) is 5.91 Å². The van der Waals surface area contributed by atoms with Crippen LogP contribution in [-0.2, 0) is 11.2 Å². The third-order valence-corrected chi connectivity index (χ3v) is 3.41. The first-order chi connectivity index (χ1) is 9.19. The summed E-state index contributed by atoms with van der Waals surface area (Å²) >= 11 is 1.38. The van der Waals surface area contributed by atoms with Crippen molar-refractivity contribution in [2.75, 3.05) is 5.32 Å². The minimum atomic E-state index is -0.587. The van der Waals surface area contributed by atoms with Crippen LogP contribution >= 0.6 is 11.3 Å². The molecule has 1 atom stereocenters. The van der Waals surface area contributed by atoms with Crippen LogP contribution in [0.4, 0.5) is 5.13 Å². The molecule has 1 aromatic heterocycles. The molecule has 1 heterocycles. The summed E-state index contributed by atoms with van der Waals surface area (Å²) < 4.78 is 5.53. The molecule has 2 aromatic rings. The molecule has 2 rings (SSSR count). The Morgan fingerprint density at radius 3 is 2.74 bits per heavy atom. The summed E-state index contributed by atoms with van der Waals surface area (Å²) in [6.45, 7) is 3.69. The van der Waals surface area contributed by atoms with Crippen molar-refractivity contribution in [3.8, 4) is 5.75 Å². The van der Waals surface area contributed by atoms with Crippen LogP contribution in [0.3, 0.4) is 0 Å². The van der Waals surface area contributed by atoms with Crippen molar-refractivity contribution in [3.63, 3.8) is 0 Å². The fourth-order valence-corrected chi connectivity index (χ4v) is 2.09. The number of para-hydroxylation sites is 1. The molecule has 0 spiro atoms. The van der Waals surface area contributed by atoms with Gasteiger partial charge in [-0.25, -0.2) is 0 Å². The Morgan fingerprint density at radius 2 is 2.11 bits per heavy atom. The highest BCUT2D eigenvalue weighted by Crippen LogP contribution is 2.16. The molecule has 1 aromatic carbocycles. The molecule has 0 fully saturated rings. The number of aromatic nitrogens is 2. The minimum Gasteiger partial charge on any atom is -0.481 e. The molecule has 5 nitrogen and oxygen atoms in total. The lowest BCUT2D eigenvalue weighted by molar-refractivity contribution is -0.122. The minimum absolute atomic E-state index is 0.234. The van der Waals surface area contributed by atoms with Gasteiger partial charge < -0.3 is 4.74 Å². The Labute approximate surface area is 115 Å². The monoisotopic (exact) mass is 277 g/mol. The summed E-state index contributed by atoms with van der Waals surface area (Å²) in [5, 5.41) is 11.9. The van der Waals surface area contributed by atoms with Gasteiger partial charge in [0.05, 0.1) is 0 Å². The van der Waals surface area contributed by atoms with Gasteiger partial charge in [0, 0.05) is 0 Å². The number of aryl methyl sites for hydroxylation is 1. The first-order valence-electron chi connectivity index (χ1n) is 6.04. The van der Waals surface area contributed by atoms with Gasteiger partial charge in [-0.1, -0.05) is 36.5 Å². The number of benzene rings is 1. The van der Waals surface area contributed by atoms with Gasteiger partial charge in [-0.15, -0.1) is 10.2 Å². The fraction of sp³-hybridized carbons (Fsp3) is 0.308. The zero-order chi connectivity index (χ0) is 13.7. The quantitative estimate of drug-likeness (QED) is 0.912. The van der Waals surface area contributed by atoms with E-state index in [0.717, 1.165) is 11.4 Å². The smallest absolute Gasteiger partial charge is 0.266 e. The van der Waals surface area contributed by atoms with E-state index in [1.807, 2.05) is 37.3 Å². The van der Waals surface area contributed by atoms with Crippen molar-refractivity contribution in [2.45, 2.75) is 26.4 Å². The predicted octanol–water partition coefficient (Wildman–Crippen LogP) is 2.51. The van der Waals surface area contributed by atoms with Gasteiger partial charge in [-0.3, -0.25) is 10.1 Å². The van der Waals surface area contributed by atoms with E-state index in [9.17, 15) is 4.79 Å². The van der Waals surface area contributed by atoms with E-state index in [1.54, 1.807) is 6.92 Å². The number of nitrogens with zero attached hydrogens (tertiary/aromatic N) is 2. The van der Waals surface area contributed by atoms with E-state index in [4.69, 9.17) is 4.74 Å². The van der Waals surface area contributed by atoms with Gasteiger partial charge in [0.2, 0.25) is 5.13 Å². The summed E-state index contributed by atoms with van der Waals surface area (Å²) in [5.41, 5.74) is 0. The second-order valence-corrected chi connectivity index (χ2v) is 4.98. The molecule has 0 bridgehead atoms. The number of carbonyl (C=O) groups excluding carboxylic acids is 1. The Kier molecular flexibility index (Phi) is 4.46. The number of hydrogen-bond acceptors (Lipinski definition) is 5. The Bertz CT molecular complexity index is 542. The molecular formula is C13H15N3O2S. The van der Waals surface area contributed by atoms with Crippen LogP contribution in [0.5, 0.6) is 5.75 Å².